The van der Waals surface area contributed by atoms with Crippen LogP contribution in [0.3, 0.4) is 0 Å². The van der Waals surface area contributed by atoms with Crippen LogP contribution in [0.5, 0.6) is 5.75 Å². The number of hydrogen-bond donors (Lipinski definition) is 2. The number of methoxy groups -OCH3 is 1. The molecule has 204 valence electrons. The van der Waals surface area contributed by atoms with Gasteiger partial charge in [0.25, 0.3) is 0 Å². The van der Waals surface area contributed by atoms with Gasteiger partial charge in [-0.15, -0.1) is 0 Å². The summed E-state index contributed by atoms with van der Waals surface area (Å²) in [5.74, 6) is 3.59. The van der Waals surface area contributed by atoms with Crippen molar-refractivity contribution in [3.63, 3.8) is 0 Å². The van der Waals surface area contributed by atoms with Gasteiger partial charge in [-0.1, -0.05) is 39.0 Å². The lowest BCUT2D eigenvalue weighted by Gasteiger charge is -2.35. The van der Waals surface area contributed by atoms with Gasteiger partial charge < -0.3 is 25.2 Å². The Morgan fingerprint density at radius 3 is 2.57 bits per heavy atom. The van der Waals surface area contributed by atoms with Crippen molar-refractivity contribution in [2.45, 2.75) is 83.2 Å². The van der Waals surface area contributed by atoms with Crippen LogP contribution in [0.25, 0.3) is 0 Å². The molecule has 2 N–H and O–H groups in total. The van der Waals surface area contributed by atoms with Crippen LogP contribution in [0.1, 0.15) is 71.1 Å². The molecule has 2 aromatic rings. The molecule has 8 nitrogen and oxygen atoms in total. The molecule has 1 aliphatic heterocycles. The minimum absolute atomic E-state index is 0.401. The fourth-order valence-corrected chi connectivity index (χ4v) is 6.09. The van der Waals surface area contributed by atoms with Gasteiger partial charge in [0.2, 0.25) is 17.8 Å². The van der Waals surface area contributed by atoms with Gasteiger partial charge in [0.15, 0.2) is 0 Å². The summed E-state index contributed by atoms with van der Waals surface area (Å²) >= 11 is 3.58. The lowest BCUT2D eigenvalue weighted by atomic mass is 9.94. The van der Waals surface area contributed by atoms with Crippen LogP contribution in [0.2, 0.25) is 0 Å². The molecule has 2 atom stereocenters. The molecule has 2 fully saturated rings. The van der Waals surface area contributed by atoms with Crippen molar-refractivity contribution < 1.29 is 4.74 Å². The molecular formula is C28H44BrN7O. The number of nitrogens with zero attached hydrogens (tertiary/aromatic N) is 5. The van der Waals surface area contributed by atoms with E-state index in [1.807, 2.05) is 18.2 Å². The maximum atomic E-state index is 5.38. The van der Waals surface area contributed by atoms with Crippen molar-refractivity contribution in [1.29, 1.82) is 0 Å². The number of aromatic nitrogens is 3. The van der Waals surface area contributed by atoms with E-state index < -0.39 is 0 Å². The van der Waals surface area contributed by atoms with E-state index in [0.717, 1.165) is 53.7 Å². The molecule has 2 unspecified atom stereocenters. The third-order valence-corrected chi connectivity index (χ3v) is 8.59. The molecule has 4 rings (SSSR count). The molecule has 0 spiro atoms. The topological polar surface area (TPSA) is 78.4 Å². The second-order valence-electron chi connectivity index (χ2n) is 10.8. The number of hydrogen-bond acceptors (Lipinski definition) is 8. The molecule has 37 heavy (non-hydrogen) atoms. The Morgan fingerprint density at radius 1 is 1.05 bits per heavy atom. The molecule has 1 saturated carbocycles. The summed E-state index contributed by atoms with van der Waals surface area (Å²) in [6.45, 7) is 4.48. The van der Waals surface area contributed by atoms with Crippen molar-refractivity contribution in [2.24, 2.45) is 5.92 Å². The second kappa shape index (κ2) is 13.6. The number of anilines is 4. The second-order valence-corrected chi connectivity index (χ2v) is 11.6. The summed E-state index contributed by atoms with van der Waals surface area (Å²) in [6.07, 6.45) is 12.5. The zero-order valence-electron chi connectivity index (χ0n) is 23.0. The van der Waals surface area contributed by atoms with E-state index in [1.54, 1.807) is 7.11 Å². The lowest BCUT2D eigenvalue weighted by Crippen LogP contribution is -2.42. The van der Waals surface area contributed by atoms with Crippen molar-refractivity contribution in [3.05, 3.63) is 22.7 Å². The largest absolute Gasteiger partial charge is 0.496 e. The summed E-state index contributed by atoms with van der Waals surface area (Å²) in [6, 6.07) is 6.71. The molecule has 0 amide bonds. The standard InChI is InChI=1S/C28H44BrN7O/c1-5-6-8-20-9-7-10-21(12-11-20)30-26-32-27(31-22-13-14-25(37-4)24(29)19-22)34-28(33-26)36(3)23-15-17-35(2)18-16-23/h13-14,19-21,23H,5-12,15-18H2,1-4H3,(H2,30,31,32,33,34). The lowest BCUT2D eigenvalue weighted by molar-refractivity contribution is 0.252. The highest BCUT2D eigenvalue weighted by Crippen LogP contribution is 2.31. The normalized spacial score (nSPS) is 21.3. The predicted octanol–water partition coefficient (Wildman–Crippen LogP) is 6.47. The number of halogens is 1. The monoisotopic (exact) mass is 573 g/mol. The first kappa shape index (κ1) is 27.9. The number of nitrogens with one attached hydrogen (secondary N) is 2. The van der Waals surface area contributed by atoms with E-state index in [2.05, 4.69) is 57.4 Å². The molecule has 1 saturated heterocycles. The van der Waals surface area contributed by atoms with E-state index in [1.165, 1.54) is 51.4 Å². The number of piperidine rings is 1. The number of ether oxygens (including phenoxy) is 1. The maximum Gasteiger partial charge on any atom is 0.233 e. The Labute approximate surface area is 231 Å². The van der Waals surface area contributed by atoms with E-state index >= 15 is 0 Å². The highest BCUT2D eigenvalue weighted by Gasteiger charge is 2.25. The first-order valence-electron chi connectivity index (χ1n) is 14.0. The van der Waals surface area contributed by atoms with Crippen LogP contribution in [0, 0.1) is 5.92 Å². The zero-order chi connectivity index (χ0) is 26.2. The first-order valence-corrected chi connectivity index (χ1v) is 14.8. The quantitative estimate of drug-likeness (QED) is 0.313. The van der Waals surface area contributed by atoms with E-state index in [4.69, 9.17) is 19.7 Å². The van der Waals surface area contributed by atoms with E-state index in [9.17, 15) is 0 Å². The number of likely N-dealkylation sites (tertiary alicyclic amines) is 1. The maximum absolute atomic E-state index is 5.38. The highest BCUT2D eigenvalue weighted by molar-refractivity contribution is 9.10. The Bertz CT molecular complexity index is 998. The highest BCUT2D eigenvalue weighted by atomic mass is 79.9. The van der Waals surface area contributed by atoms with Crippen LogP contribution in [-0.4, -0.2) is 66.2 Å². The van der Waals surface area contributed by atoms with Crippen molar-refractivity contribution in [3.8, 4) is 5.75 Å². The molecule has 1 aromatic heterocycles. The van der Waals surface area contributed by atoms with Gasteiger partial charge in [-0.05, 0) is 92.3 Å². The average Bonchev–Trinajstić information content (AvgIpc) is 3.12. The smallest absolute Gasteiger partial charge is 0.233 e. The van der Waals surface area contributed by atoms with Gasteiger partial charge in [-0.3, -0.25) is 0 Å². The fourth-order valence-electron chi connectivity index (χ4n) is 5.55. The van der Waals surface area contributed by atoms with Crippen molar-refractivity contribution in [2.75, 3.05) is 49.8 Å². The Balaban J connectivity index is 1.53. The number of unbranched alkanes of at least 4 members (excludes halogenated alkanes) is 1. The minimum atomic E-state index is 0.401. The van der Waals surface area contributed by atoms with E-state index in [-0.39, 0.29) is 0 Å². The van der Waals surface area contributed by atoms with Crippen molar-refractivity contribution in [1.82, 2.24) is 19.9 Å². The summed E-state index contributed by atoms with van der Waals surface area (Å²) in [5.41, 5.74) is 0.894. The van der Waals surface area contributed by atoms with Gasteiger partial charge in [-0.25, -0.2) is 0 Å². The Hall–Kier alpha value is -2.13. The van der Waals surface area contributed by atoms with Gasteiger partial charge in [0.05, 0.1) is 11.6 Å². The molecular weight excluding hydrogens is 530 g/mol. The van der Waals surface area contributed by atoms with Crippen LogP contribution < -0.4 is 20.3 Å². The van der Waals surface area contributed by atoms with Crippen LogP contribution in [-0.2, 0) is 0 Å². The Kier molecular flexibility index (Phi) is 10.3. The molecule has 1 aliphatic carbocycles. The summed E-state index contributed by atoms with van der Waals surface area (Å²) in [4.78, 5) is 19.2. The summed E-state index contributed by atoms with van der Waals surface area (Å²) in [5, 5.41) is 7.09. The van der Waals surface area contributed by atoms with Crippen LogP contribution in [0.15, 0.2) is 22.7 Å². The molecule has 0 radical (unpaired) electrons. The molecule has 2 heterocycles. The Morgan fingerprint density at radius 2 is 1.84 bits per heavy atom. The van der Waals surface area contributed by atoms with Gasteiger partial charge in [0, 0.05) is 24.8 Å². The molecule has 1 aromatic carbocycles. The number of rotatable bonds is 10. The first-order chi connectivity index (χ1) is 17.9. The predicted molar refractivity (Wildman–Crippen MR) is 156 cm³/mol. The van der Waals surface area contributed by atoms with Crippen LogP contribution >= 0.6 is 15.9 Å². The van der Waals surface area contributed by atoms with Crippen LogP contribution in [0.4, 0.5) is 23.5 Å². The summed E-state index contributed by atoms with van der Waals surface area (Å²) < 4.78 is 6.26. The molecule has 9 heteroatoms. The number of benzene rings is 1. The average molecular weight is 575 g/mol. The van der Waals surface area contributed by atoms with Gasteiger partial charge in [0.1, 0.15) is 5.75 Å². The molecule has 0 bridgehead atoms. The van der Waals surface area contributed by atoms with Crippen molar-refractivity contribution >= 4 is 39.5 Å². The summed E-state index contributed by atoms with van der Waals surface area (Å²) in [7, 11) is 5.98. The SMILES string of the molecule is CCCCC1CCCC(Nc2nc(Nc3ccc(OC)c(Br)c3)nc(N(C)C3CCN(C)CC3)n2)CC1. The van der Waals surface area contributed by atoms with Gasteiger partial charge >= 0.3 is 0 Å². The third-order valence-electron chi connectivity index (χ3n) is 7.97. The minimum Gasteiger partial charge on any atom is -0.496 e. The van der Waals surface area contributed by atoms with E-state index in [0.29, 0.717) is 24.0 Å². The fraction of sp³-hybridized carbons (Fsp3) is 0.679. The zero-order valence-corrected chi connectivity index (χ0v) is 24.6. The third kappa shape index (κ3) is 7.93. The van der Waals surface area contributed by atoms with Gasteiger partial charge in [-0.2, -0.15) is 15.0 Å². The molecule has 2 aliphatic rings.